The van der Waals surface area contributed by atoms with Crippen LogP contribution in [0.1, 0.15) is 54.8 Å². The van der Waals surface area contributed by atoms with Crippen LogP contribution < -0.4 is 10.6 Å². The lowest BCUT2D eigenvalue weighted by molar-refractivity contribution is -0.118. The third kappa shape index (κ3) is 3.81. The van der Waals surface area contributed by atoms with Crippen LogP contribution in [0.25, 0.3) is 0 Å². The van der Waals surface area contributed by atoms with Gasteiger partial charge in [0.05, 0.1) is 23.2 Å². The molecule has 1 aromatic carbocycles. The first-order valence-electron chi connectivity index (χ1n) is 10.6. The van der Waals surface area contributed by atoms with Gasteiger partial charge < -0.3 is 5.73 Å². The number of thiophene rings is 1. The zero-order valence-electron chi connectivity index (χ0n) is 18.6. The van der Waals surface area contributed by atoms with E-state index in [9.17, 15) is 10.1 Å². The largest absolute Gasteiger partial charge is 0.384 e. The molecule has 4 rings (SSSR count). The average Bonchev–Trinajstić information content (AvgIpc) is 3.09. The Balaban J connectivity index is 2.03. The molecule has 2 N–H and O–H groups in total. The number of Topliss-reactive ketones (excluding diaryl/α,β-unsaturated/α-hetero) is 1. The van der Waals surface area contributed by atoms with E-state index in [1.807, 2.05) is 36.1 Å². The zero-order chi connectivity index (χ0) is 23.4. The standard InChI is InChI=1S/C25H25BrClN3OS/c1-5-20-16(26)9-21(32-20)22-15(12-28)24(29)30(17-8-14(27)7-6-13(17)2)18-10-25(3,4)11-19(31)23(18)22/h6-9,22H,5,10-11,29H2,1-4H3. The van der Waals surface area contributed by atoms with Crippen molar-refractivity contribution in [2.24, 2.45) is 11.1 Å². The van der Waals surface area contributed by atoms with Gasteiger partial charge in [-0.1, -0.05) is 38.4 Å². The van der Waals surface area contributed by atoms with E-state index in [4.69, 9.17) is 17.3 Å². The second kappa shape index (κ2) is 8.37. The number of hydrogen-bond donors (Lipinski definition) is 1. The SMILES string of the molecule is CCc1sc(C2C(C#N)=C(N)N(c3cc(Cl)ccc3C)C3=C2C(=O)CC(C)(C)C3)cc1Br. The van der Waals surface area contributed by atoms with Crippen LogP contribution in [0.2, 0.25) is 5.02 Å². The molecule has 0 bridgehead atoms. The molecule has 1 aliphatic heterocycles. The molecule has 0 saturated heterocycles. The van der Waals surface area contributed by atoms with Gasteiger partial charge in [0.2, 0.25) is 0 Å². The molecule has 1 aliphatic carbocycles. The fourth-order valence-corrected chi connectivity index (χ4v) is 6.90. The molecule has 1 aromatic heterocycles. The number of nitrogens with two attached hydrogens (primary N) is 1. The van der Waals surface area contributed by atoms with E-state index in [-0.39, 0.29) is 11.2 Å². The van der Waals surface area contributed by atoms with Crippen molar-refractivity contribution in [2.45, 2.75) is 52.9 Å². The van der Waals surface area contributed by atoms with E-state index in [0.717, 1.165) is 32.7 Å². The van der Waals surface area contributed by atoms with Crippen LogP contribution >= 0.6 is 38.9 Å². The van der Waals surface area contributed by atoms with Crippen molar-refractivity contribution in [2.75, 3.05) is 4.90 Å². The molecule has 2 heterocycles. The van der Waals surface area contributed by atoms with Gasteiger partial charge in [-0.3, -0.25) is 9.69 Å². The lowest BCUT2D eigenvalue weighted by Crippen LogP contribution is -2.42. The molecule has 166 valence electrons. The summed E-state index contributed by atoms with van der Waals surface area (Å²) in [5.41, 5.74) is 10.3. The number of halogens is 2. The highest BCUT2D eigenvalue weighted by molar-refractivity contribution is 9.10. The zero-order valence-corrected chi connectivity index (χ0v) is 21.7. The molecule has 0 spiro atoms. The summed E-state index contributed by atoms with van der Waals surface area (Å²) >= 11 is 11.6. The fourth-order valence-electron chi connectivity index (χ4n) is 4.70. The van der Waals surface area contributed by atoms with E-state index < -0.39 is 5.92 Å². The summed E-state index contributed by atoms with van der Waals surface area (Å²) < 4.78 is 1.01. The molecular formula is C25H25BrClN3OS. The van der Waals surface area contributed by atoms with E-state index in [0.29, 0.717) is 34.8 Å². The third-order valence-electron chi connectivity index (χ3n) is 6.18. The Hall–Kier alpha value is -2.07. The van der Waals surface area contributed by atoms with E-state index in [1.165, 1.54) is 4.88 Å². The number of allylic oxidation sites excluding steroid dienone is 3. The van der Waals surface area contributed by atoms with Gasteiger partial charge in [0.25, 0.3) is 0 Å². The van der Waals surface area contributed by atoms with Gasteiger partial charge >= 0.3 is 0 Å². The Morgan fingerprint density at radius 1 is 1.34 bits per heavy atom. The normalized spacial score (nSPS) is 20.5. The molecule has 2 aliphatic rings. The van der Waals surface area contributed by atoms with Gasteiger partial charge in [0, 0.05) is 36.9 Å². The number of hydrogen-bond acceptors (Lipinski definition) is 5. The fraction of sp³-hybridized carbons (Fsp3) is 0.360. The number of anilines is 1. The number of ketones is 1. The van der Waals surface area contributed by atoms with Gasteiger partial charge in [-0.15, -0.1) is 11.3 Å². The van der Waals surface area contributed by atoms with Crippen molar-refractivity contribution in [1.29, 1.82) is 5.26 Å². The smallest absolute Gasteiger partial charge is 0.162 e. The molecule has 1 unspecified atom stereocenters. The number of carbonyl (C=O) groups is 1. The summed E-state index contributed by atoms with van der Waals surface area (Å²) in [6, 6.07) is 10.0. The van der Waals surface area contributed by atoms with Gasteiger partial charge in [-0.25, -0.2) is 0 Å². The maximum absolute atomic E-state index is 13.6. The number of benzene rings is 1. The highest BCUT2D eigenvalue weighted by Crippen LogP contribution is 2.52. The van der Waals surface area contributed by atoms with Crippen LogP contribution in [-0.2, 0) is 11.2 Å². The first-order valence-corrected chi connectivity index (χ1v) is 12.6. The van der Waals surface area contributed by atoms with E-state index >= 15 is 0 Å². The minimum atomic E-state index is -0.448. The van der Waals surface area contributed by atoms with Gasteiger partial charge in [0.1, 0.15) is 5.82 Å². The van der Waals surface area contributed by atoms with Crippen LogP contribution in [0.3, 0.4) is 0 Å². The molecule has 4 nitrogen and oxygen atoms in total. The summed E-state index contributed by atoms with van der Waals surface area (Å²) in [5, 5.41) is 10.8. The summed E-state index contributed by atoms with van der Waals surface area (Å²) in [7, 11) is 0. The molecule has 0 amide bonds. The van der Waals surface area contributed by atoms with Gasteiger partial charge in [-0.05, 0) is 64.9 Å². The molecular weight excluding hydrogens is 506 g/mol. The number of nitriles is 1. The molecule has 1 atom stereocenters. The van der Waals surface area contributed by atoms with Crippen molar-refractivity contribution in [1.82, 2.24) is 0 Å². The summed E-state index contributed by atoms with van der Waals surface area (Å²) in [6.45, 7) is 8.28. The summed E-state index contributed by atoms with van der Waals surface area (Å²) in [6.07, 6.45) is 2.00. The Labute approximate surface area is 206 Å². The molecule has 7 heteroatoms. The van der Waals surface area contributed by atoms with Crippen LogP contribution in [-0.4, -0.2) is 5.78 Å². The number of nitrogens with zero attached hydrogens (tertiary/aromatic N) is 2. The second-order valence-corrected chi connectivity index (χ2v) is 11.6. The van der Waals surface area contributed by atoms with E-state index in [1.54, 1.807) is 11.3 Å². The molecule has 2 aromatic rings. The van der Waals surface area contributed by atoms with Crippen molar-refractivity contribution >= 4 is 50.3 Å². The van der Waals surface area contributed by atoms with E-state index in [2.05, 4.69) is 42.8 Å². The van der Waals surface area contributed by atoms with Crippen LogP contribution in [0, 0.1) is 23.7 Å². The third-order valence-corrected chi connectivity index (χ3v) is 8.72. The predicted octanol–water partition coefficient (Wildman–Crippen LogP) is 6.98. The Morgan fingerprint density at radius 2 is 2.06 bits per heavy atom. The molecule has 0 saturated carbocycles. The Morgan fingerprint density at radius 3 is 2.69 bits per heavy atom. The van der Waals surface area contributed by atoms with Crippen LogP contribution in [0.15, 0.2) is 51.4 Å². The Bertz CT molecular complexity index is 1230. The predicted molar refractivity (Wildman–Crippen MR) is 135 cm³/mol. The highest BCUT2D eigenvalue weighted by Gasteiger charge is 2.45. The maximum atomic E-state index is 13.6. The minimum Gasteiger partial charge on any atom is -0.384 e. The first-order chi connectivity index (χ1) is 15.1. The van der Waals surface area contributed by atoms with Crippen LogP contribution in [0.4, 0.5) is 5.69 Å². The second-order valence-electron chi connectivity index (χ2n) is 9.18. The monoisotopic (exact) mass is 529 g/mol. The number of carbonyl (C=O) groups excluding carboxylic acids is 1. The highest BCUT2D eigenvalue weighted by atomic mass is 79.9. The van der Waals surface area contributed by atoms with Crippen molar-refractivity contribution in [3.8, 4) is 6.07 Å². The quantitative estimate of drug-likeness (QED) is 0.465. The average molecular weight is 531 g/mol. The number of rotatable bonds is 3. The van der Waals surface area contributed by atoms with Gasteiger partial charge in [0.15, 0.2) is 5.78 Å². The summed E-state index contributed by atoms with van der Waals surface area (Å²) in [5.74, 6) is -0.000574. The van der Waals surface area contributed by atoms with Crippen LogP contribution in [0.5, 0.6) is 0 Å². The van der Waals surface area contributed by atoms with Gasteiger partial charge in [-0.2, -0.15) is 5.26 Å². The lowest BCUT2D eigenvalue weighted by Gasteiger charge is -2.44. The topological polar surface area (TPSA) is 70.1 Å². The first kappa shape index (κ1) is 23.1. The number of aryl methyl sites for hydroxylation is 2. The van der Waals surface area contributed by atoms with Crippen molar-refractivity contribution < 1.29 is 4.79 Å². The molecule has 0 fully saturated rings. The Kier molecular flexibility index (Phi) is 6.04. The van der Waals surface area contributed by atoms with Crippen molar-refractivity contribution in [3.63, 3.8) is 0 Å². The minimum absolute atomic E-state index is 0.0775. The summed E-state index contributed by atoms with van der Waals surface area (Å²) in [4.78, 5) is 17.7. The maximum Gasteiger partial charge on any atom is 0.162 e. The molecule has 32 heavy (non-hydrogen) atoms. The lowest BCUT2D eigenvalue weighted by atomic mass is 9.69. The molecule has 0 radical (unpaired) electrons. The van der Waals surface area contributed by atoms with Crippen molar-refractivity contribution in [3.05, 3.63) is 71.7 Å².